The first-order valence-corrected chi connectivity index (χ1v) is 3.14. The van der Waals surface area contributed by atoms with Crippen LogP contribution in [-0.2, 0) is 4.74 Å². The number of rotatable bonds is 0. The van der Waals surface area contributed by atoms with E-state index in [1.165, 1.54) is 0 Å². The first-order valence-electron chi connectivity index (χ1n) is 3.14. The van der Waals surface area contributed by atoms with Gasteiger partial charge in [0, 0.05) is 0 Å². The van der Waals surface area contributed by atoms with E-state index >= 15 is 0 Å². The Bertz CT molecular complexity index is 161. The van der Waals surface area contributed by atoms with Crippen molar-refractivity contribution in [2.24, 2.45) is 0 Å². The highest BCUT2D eigenvalue weighted by Crippen LogP contribution is 2.19. The second-order valence-corrected chi connectivity index (χ2v) is 2.41. The number of ether oxygens (including phenoxy) is 1. The zero-order valence-electron chi connectivity index (χ0n) is 5.69. The van der Waals surface area contributed by atoms with Crippen LogP contribution in [-0.4, -0.2) is 34.6 Å². The molecule has 0 bridgehead atoms. The lowest BCUT2D eigenvalue weighted by Gasteiger charge is -2.07. The molecule has 2 N–H and O–H groups in total. The van der Waals surface area contributed by atoms with E-state index in [2.05, 4.69) is 5.92 Å². The molecular weight excluding hydrogens is 132 g/mol. The third-order valence-corrected chi connectivity index (χ3v) is 1.67. The first-order chi connectivity index (χ1) is 4.66. The van der Waals surface area contributed by atoms with Gasteiger partial charge in [0.15, 0.2) is 0 Å². The van der Waals surface area contributed by atoms with Gasteiger partial charge >= 0.3 is 0 Å². The topological polar surface area (TPSA) is 49.7 Å². The molecule has 0 aromatic rings. The molecule has 1 heterocycles. The molecule has 0 spiro atoms. The Kier molecular flexibility index (Phi) is 1.95. The zero-order chi connectivity index (χ0) is 7.72. The number of aliphatic hydroxyl groups excluding tert-OH is 2. The van der Waals surface area contributed by atoms with Gasteiger partial charge in [0.25, 0.3) is 0 Å². The Hall–Kier alpha value is -0.560. The zero-order valence-corrected chi connectivity index (χ0v) is 5.69. The molecule has 3 nitrogen and oxygen atoms in total. The molecular formula is C7H10O3. The molecule has 4 atom stereocenters. The summed E-state index contributed by atoms with van der Waals surface area (Å²) < 4.78 is 5.00. The molecule has 1 rings (SSSR count). The van der Waals surface area contributed by atoms with Crippen molar-refractivity contribution < 1.29 is 14.9 Å². The molecule has 0 aliphatic carbocycles. The van der Waals surface area contributed by atoms with E-state index in [-0.39, 0.29) is 6.10 Å². The van der Waals surface area contributed by atoms with E-state index in [4.69, 9.17) is 21.4 Å². The average Bonchev–Trinajstić information content (AvgIpc) is 2.17. The summed E-state index contributed by atoms with van der Waals surface area (Å²) in [6, 6.07) is 0. The highest BCUT2D eigenvalue weighted by Gasteiger charge is 2.38. The van der Waals surface area contributed by atoms with Crippen molar-refractivity contribution in [1.29, 1.82) is 0 Å². The minimum absolute atomic E-state index is 0.365. The summed E-state index contributed by atoms with van der Waals surface area (Å²) in [5.74, 6) is 2.24. The Morgan fingerprint density at radius 3 is 2.20 bits per heavy atom. The van der Waals surface area contributed by atoms with Crippen LogP contribution in [0.5, 0.6) is 0 Å². The van der Waals surface area contributed by atoms with Crippen LogP contribution in [0.4, 0.5) is 0 Å². The fourth-order valence-corrected chi connectivity index (χ4v) is 0.987. The second-order valence-electron chi connectivity index (χ2n) is 2.41. The molecule has 1 aliphatic heterocycles. The third-order valence-electron chi connectivity index (χ3n) is 1.67. The SMILES string of the molecule is C#C[C@H]1O[C@@H](C)C(O)C1O. The summed E-state index contributed by atoms with van der Waals surface area (Å²) in [4.78, 5) is 0. The van der Waals surface area contributed by atoms with E-state index in [1.807, 2.05) is 0 Å². The first kappa shape index (κ1) is 7.55. The van der Waals surface area contributed by atoms with E-state index in [9.17, 15) is 0 Å². The predicted octanol–water partition coefficient (Wildman–Crippen LogP) is -0.871. The monoisotopic (exact) mass is 142 g/mol. The molecule has 1 saturated heterocycles. The van der Waals surface area contributed by atoms with Gasteiger partial charge in [-0.1, -0.05) is 5.92 Å². The van der Waals surface area contributed by atoms with Crippen LogP contribution in [0.15, 0.2) is 0 Å². The van der Waals surface area contributed by atoms with E-state index < -0.39 is 18.3 Å². The molecule has 1 fully saturated rings. The van der Waals surface area contributed by atoms with Crippen molar-refractivity contribution in [2.75, 3.05) is 0 Å². The van der Waals surface area contributed by atoms with Crippen LogP contribution in [0, 0.1) is 12.3 Å². The van der Waals surface area contributed by atoms with Crippen LogP contribution in [0.3, 0.4) is 0 Å². The normalized spacial score (nSPS) is 47.0. The summed E-state index contributed by atoms with van der Waals surface area (Å²) in [6.45, 7) is 1.67. The maximum atomic E-state index is 9.11. The molecule has 0 aromatic carbocycles. The van der Waals surface area contributed by atoms with Gasteiger partial charge in [-0.15, -0.1) is 6.42 Å². The van der Waals surface area contributed by atoms with Crippen molar-refractivity contribution >= 4 is 0 Å². The van der Waals surface area contributed by atoms with Gasteiger partial charge in [-0.25, -0.2) is 0 Å². The Morgan fingerprint density at radius 2 is 2.00 bits per heavy atom. The van der Waals surface area contributed by atoms with Crippen LogP contribution in [0.1, 0.15) is 6.92 Å². The molecule has 1 aliphatic rings. The van der Waals surface area contributed by atoms with Gasteiger partial charge in [0.05, 0.1) is 6.10 Å². The van der Waals surface area contributed by atoms with Crippen molar-refractivity contribution in [3.8, 4) is 12.3 Å². The Balaban J connectivity index is 2.64. The largest absolute Gasteiger partial charge is 0.388 e. The van der Waals surface area contributed by atoms with E-state index in [0.29, 0.717) is 0 Å². The lowest BCUT2D eigenvalue weighted by atomic mass is 10.1. The molecule has 10 heavy (non-hydrogen) atoms. The highest BCUT2D eigenvalue weighted by molar-refractivity contribution is 5.05. The van der Waals surface area contributed by atoms with Gasteiger partial charge in [-0.3, -0.25) is 0 Å². The van der Waals surface area contributed by atoms with Crippen molar-refractivity contribution in [3.63, 3.8) is 0 Å². The van der Waals surface area contributed by atoms with Gasteiger partial charge in [-0.05, 0) is 6.92 Å². The second kappa shape index (κ2) is 2.59. The third kappa shape index (κ3) is 1.01. The molecule has 0 radical (unpaired) electrons. The van der Waals surface area contributed by atoms with Crippen LogP contribution >= 0.6 is 0 Å². The van der Waals surface area contributed by atoms with Crippen molar-refractivity contribution in [1.82, 2.24) is 0 Å². The molecule has 56 valence electrons. The predicted molar refractivity (Wildman–Crippen MR) is 35.2 cm³/mol. The fraction of sp³-hybridized carbons (Fsp3) is 0.714. The van der Waals surface area contributed by atoms with Gasteiger partial charge in [-0.2, -0.15) is 0 Å². The maximum Gasteiger partial charge on any atom is 0.146 e. The quantitative estimate of drug-likeness (QED) is 0.432. The summed E-state index contributed by atoms with van der Waals surface area (Å²) in [7, 11) is 0. The summed E-state index contributed by atoms with van der Waals surface area (Å²) in [5.41, 5.74) is 0. The Morgan fingerprint density at radius 1 is 1.40 bits per heavy atom. The fourth-order valence-electron chi connectivity index (χ4n) is 0.987. The Labute approximate surface area is 59.6 Å². The van der Waals surface area contributed by atoms with Gasteiger partial charge in [0.1, 0.15) is 18.3 Å². The molecule has 0 amide bonds. The number of aliphatic hydroxyl groups is 2. The van der Waals surface area contributed by atoms with Gasteiger partial charge < -0.3 is 14.9 Å². The van der Waals surface area contributed by atoms with Crippen LogP contribution in [0.2, 0.25) is 0 Å². The van der Waals surface area contributed by atoms with E-state index in [1.54, 1.807) is 6.92 Å². The minimum Gasteiger partial charge on any atom is -0.388 e. The van der Waals surface area contributed by atoms with E-state index in [0.717, 1.165) is 0 Å². The van der Waals surface area contributed by atoms with Crippen molar-refractivity contribution in [3.05, 3.63) is 0 Å². The summed E-state index contributed by atoms with van der Waals surface area (Å²) >= 11 is 0. The standard InChI is InChI=1S/C7H10O3/c1-3-5-7(9)6(8)4(2)10-5/h1,4-9H,2H3/t4-,5+,6?,7?/m0/s1. The van der Waals surface area contributed by atoms with Gasteiger partial charge in [0.2, 0.25) is 0 Å². The summed E-state index contributed by atoms with van der Waals surface area (Å²) in [5, 5.41) is 18.2. The van der Waals surface area contributed by atoms with Crippen LogP contribution in [0.25, 0.3) is 0 Å². The molecule has 0 saturated carbocycles. The smallest absolute Gasteiger partial charge is 0.146 e. The lowest BCUT2D eigenvalue weighted by molar-refractivity contribution is 0.0317. The maximum absolute atomic E-state index is 9.11. The number of hydrogen-bond acceptors (Lipinski definition) is 3. The minimum atomic E-state index is -0.931. The van der Waals surface area contributed by atoms with Crippen LogP contribution < -0.4 is 0 Å². The highest BCUT2D eigenvalue weighted by atomic mass is 16.5. The number of hydrogen-bond donors (Lipinski definition) is 2. The lowest BCUT2D eigenvalue weighted by Crippen LogP contribution is -2.30. The molecule has 2 unspecified atom stereocenters. The average molecular weight is 142 g/mol. The number of terminal acetylenes is 1. The summed E-state index contributed by atoms with van der Waals surface area (Å²) in [6.07, 6.45) is 2.21. The molecule has 3 heteroatoms. The molecule has 0 aromatic heterocycles. The van der Waals surface area contributed by atoms with Crippen molar-refractivity contribution in [2.45, 2.75) is 31.3 Å².